The first-order valence-corrected chi connectivity index (χ1v) is 5.39. The average molecular weight is 188 g/mol. The van der Waals surface area contributed by atoms with Gasteiger partial charge in [-0.25, -0.2) is 13.4 Å². The van der Waals surface area contributed by atoms with Crippen LogP contribution in [0.25, 0.3) is 0 Å². The van der Waals surface area contributed by atoms with E-state index >= 15 is 0 Å². The van der Waals surface area contributed by atoms with Crippen LogP contribution in [0.3, 0.4) is 0 Å². The van der Waals surface area contributed by atoms with Gasteiger partial charge in [-0.05, 0) is 5.92 Å². The second kappa shape index (κ2) is 3.26. The van der Waals surface area contributed by atoms with E-state index in [4.69, 9.17) is 0 Å². The van der Waals surface area contributed by atoms with E-state index in [0.29, 0.717) is 0 Å². The molecule has 1 rings (SSSR count). The predicted octanol–water partition coefficient (Wildman–Crippen LogP) is 0.839. The number of H-pyrrole nitrogens is 1. The van der Waals surface area contributed by atoms with Gasteiger partial charge in [-0.15, -0.1) is 0 Å². The van der Waals surface area contributed by atoms with E-state index in [0.717, 1.165) is 0 Å². The molecule has 0 radical (unpaired) electrons. The van der Waals surface area contributed by atoms with Gasteiger partial charge in [0, 0.05) is 0 Å². The lowest BCUT2D eigenvalue weighted by Crippen LogP contribution is -2.11. The second-order valence-corrected chi connectivity index (χ2v) is 5.09. The lowest BCUT2D eigenvalue weighted by atomic mass is 10.3. The van der Waals surface area contributed by atoms with Crippen molar-refractivity contribution in [3.63, 3.8) is 0 Å². The van der Waals surface area contributed by atoms with E-state index in [-0.39, 0.29) is 16.7 Å². The Balaban J connectivity index is 2.88. The number of nitrogens with zero attached hydrogens (tertiary/aromatic N) is 1. The van der Waals surface area contributed by atoms with E-state index in [1.54, 1.807) is 0 Å². The maximum atomic E-state index is 11.4. The molecule has 0 aliphatic rings. The van der Waals surface area contributed by atoms with Crippen molar-refractivity contribution in [2.75, 3.05) is 5.75 Å². The molecule has 5 heteroatoms. The second-order valence-electron chi connectivity index (χ2n) is 3.09. The zero-order valence-corrected chi connectivity index (χ0v) is 7.93. The lowest BCUT2D eigenvalue weighted by Gasteiger charge is -2.03. The van der Waals surface area contributed by atoms with Gasteiger partial charge in [0.05, 0.1) is 18.3 Å². The summed E-state index contributed by atoms with van der Waals surface area (Å²) in [4.78, 5) is 6.24. The van der Waals surface area contributed by atoms with Gasteiger partial charge < -0.3 is 4.98 Å². The summed E-state index contributed by atoms with van der Waals surface area (Å²) in [5.41, 5.74) is 0. The molecule has 0 aromatic carbocycles. The first kappa shape index (κ1) is 9.25. The Kier molecular flexibility index (Phi) is 2.52. The number of imidazole rings is 1. The summed E-state index contributed by atoms with van der Waals surface area (Å²) in [6, 6.07) is 0. The summed E-state index contributed by atoms with van der Waals surface area (Å²) >= 11 is 0. The average Bonchev–Trinajstić information content (AvgIpc) is 2.32. The Morgan fingerprint density at radius 2 is 2.25 bits per heavy atom. The van der Waals surface area contributed by atoms with Gasteiger partial charge in [-0.1, -0.05) is 13.8 Å². The Labute approximate surface area is 71.9 Å². The van der Waals surface area contributed by atoms with E-state index < -0.39 is 9.84 Å². The summed E-state index contributed by atoms with van der Waals surface area (Å²) in [6.07, 6.45) is 2.70. The fraction of sp³-hybridized carbons (Fsp3) is 0.571. The number of nitrogens with one attached hydrogen (secondary N) is 1. The minimum absolute atomic E-state index is 0.137. The molecule has 68 valence electrons. The maximum Gasteiger partial charge on any atom is 0.195 e. The Morgan fingerprint density at radius 1 is 1.58 bits per heavy atom. The van der Waals surface area contributed by atoms with Crippen LogP contribution in [-0.2, 0) is 9.84 Å². The fourth-order valence-electron chi connectivity index (χ4n) is 0.942. The molecule has 1 heterocycles. The molecule has 4 nitrogen and oxygen atoms in total. The molecule has 12 heavy (non-hydrogen) atoms. The van der Waals surface area contributed by atoms with Crippen molar-refractivity contribution >= 4 is 9.84 Å². The third kappa shape index (κ3) is 2.07. The van der Waals surface area contributed by atoms with Gasteiger partial charge in [0.1, 0.15) is 0 Å². The van der Waals surface area contributed by atoms with Crippen molar-refractivity contribution in [3.05, 3.63) is 12.5 Å². The summed E-state index contributed by atoms with van der Waals surface area (Å²) in [7, 11) is -3.13. The van der Waals surface area contributed by atoms with Gasteiger partial charge in [-0.2, -0.15) is 0 Å². The smallest absolute Gasteiger partial charge is 0.195 e. The summed E-state index contributed by atoms with van der Waals surface area (Å²) in [5, 5.41) is 0.205. The molecular weight excluding hydrogens is 176 g/mol. The molecule has 0 spiro atoms. The molecule has 0 amide bonds. The first-order chi connectivity index (χ1) is 5.52. The highest BCUT2D eigenvalue weighted by molar-refractivity contribution is 7.91. The van der Waals surface area contributed by atoms with Gasteiger partial charge in [0.25, 0.3) is 0 Å². The summed E-state index contributed by atoms with van der Waals surface area (Å²) in [6.45, 7) is 3.74. The van der Waals surface area contributed by atoms with Crippen molar-refractivity contribution in [1.82, 2.24) is 9.97 Å². The van der Waals surface area contributed by atoms with Crippen LogP contribution in [0.2, 0.25) is 0 Å². The maximum absolute atomic E-state index is 11.4. The number of aromatic amines is 1. The standard InChI is InChI=1S/C7H12N2O2S/c1-6(2)4-12(10,11)7-3-8-5-9-7/h3,5-6H,4H2,1-2H3,(H,8,9). The Morgan fingerprint density at radius 3 is 2.67 bits per heavy atom. The van der Waals surface area contributed by atoms with Crippen LogP contribution in [0.1, 0.15) is 13.8 Å². The van der Waals surface area contributed by atoms with Gasteiger partial charge in [-0.3, -0.25) is 0 Å². The highest BCUT2D eigenvalue weighted by atomic mass is 32.2. The Hall–Kier alpha value is -0.840. The zero-order chi connectivity index (χ0) is 9.19. The molecule has 1 aromatic heterocycles. The van der Waals surface area contributed by atoms with Crippen molar-refractivity contribution in [2.24, 2.45) is 5.92 Å². The van der Waals surface area contributed by atoms with Crippen LogP contribution in [0.15, 0.2) is 17.6 Å². The molecule has 0 unspecified atom stereocenters. The highest BCUT2D eigenvalue weighted by Crippen LogP contribution is 2.09. The number of sulfone groups is 1. The monoisotopic (exact) mass is 188 g/mol. The summed E-state index contributed by atoms with van der Waals surface area (Å²) in [5.74, 6) is 0.299. The number of hydrogen-bond donors (Lipinski definition) is 1. The molecule has 0 bridgehead atoms. The number of rotatable bonds is 3. The number of aromatic nitrogens is 2. The van der Waals surface area contributed by atoms with Crippen LogP contribution in [0.5, 0.6) is 0 Å². The van der Waals surface area contributed by atoms with Gasteiger partial charge in [0.2, 0.25) is 0 Å². The van der Waals surface area contributed by atoms with Gasteiger partial charge in [0.15, 0.2) is 14.9 Å². The van der Waals surface area contributed by atoms with Crippen LogP contribution in [0.4, 0.5) is 0 Å². The Bertz CT molecular complexity index is 326. The molecule has 0 aliphatic carbocycles. The van der Waals surface area contributed by atoms with Crippen LogP contribution >= 0.6 is 0 Å². The normalized spacial score (nSPS) is 12.2. The minimum atomic E-state index is -3.13. The minimum Gasteiger partial charge on any atom is -0.336 e. The SMILES string of the molecule is CC(C)CS(=O)(=O)c1cnc[nH]1. The van der Waals surface area contributed by atoms with E-state index in [1.165, 1.54) is 12.5 Å². The van der Waals surface area contributed by atoms with E-state index in [9.17, 15) is 8.42 Å². The topological polar surface area (TPSA) is 62.8 Å². The van der Waals surface area contributed by atoms with E-state index in [1.807, 2.05) is 13.8 Å². The van der Waals surface area contributed by atoms with Crippen molar-refractivity contribution in [3.8, 4) is 0 Å². The van der Waals surface area contributed by atoms with Crippen molar-refractivity contribution < 1.29 is 8.42 Å². The molecule has 1 aromatic rings. The van der Waals surface area contributed by atoms with Crippen LogP contribution < -0.4 is 0 Å². The van der Waals surface area contributed by atoms with Gasteiger partial charge >= 0.3 is 0 Å². The number of hydrogen-bond acceptors (Lipinski definition) is 3. The molecule has 0 aliphatic heterocycles. The third-order valence-electron chi connectivity index (χ3n) is 1.36. The fourth-order valence-corrected chi connectivity index (χ4v) is 2.45. The predicted molar refractivity (Wildman–Crippen MR) is 45.5 cm³/mol. The quantitative estimate of drug-likeness (QED) is 0.764. The lowest BCUT2D eigenvalue weighted by molar-refractivity contribution is 0.579. The molecule has 0 atom stereocenters. The third-order valence-corrected chi connectivity index (χ3v) is 3.36. The molecular formula is C7H12N2O2S. The highest BCUT2D eigenvalue weighted by Gasteiger charge is 2.16. The van der Waals surface area contributed by atoms with E-state index in [2.05, 4.69) is 9.97 Å². The molecule has 1 N–H and O–H groups in total. The van der Waals surface area contributed by atoms with Crippen LogP contribution in [-0.4, -0.2) is 24.1 Å². The van der Waals surface area contributed by atoms with Crippen molar-refractivity contribution in [1.29, 1.82) is 0 Å². The molecule has 0 fully saturated rings. The first-order valence-electron chi connectivity index (χ1n) is 3.73. The molecule has 0 saturated carbocycles. The summed E-state index contributed by atoms with van der Waals surface area (Å²) < 4.78 is 22.9. The molecule has 0 saturated heterocycles. The zero-order valence-electron chi connectivity index (χ0n) is 7.11. The van der Waals surface area contributed by atoms with Crippen LogP contribution in [0, 0.1) is 5.92 Å². The van der Waals surface area contributed by atoms with Crippen molar-refractivity contribution in [2.45, 2.75) is 18.9 Å². The largest absolute Gasteiger partial charge is 0.336 e.